The number of halogens is 1. The van der Waals surface area contributed by atoms with Gasteiger partial charge >= 0.3 is 0 Å². The molecule has 0 bridgehead atoms. The Morgan fingerprint density at radius 2 is 1.85 bits per heavy atom. The number of hydrogen-bond donors (Lipinski definition) is 0. The van der Waals surface area contributed by atoms with E-state index in [9.17, 15) is 9.59 Å². The molecule has 5 rings (SSSR count). The van der Waals surface area contributed by atoms with Gasteiger partial charge in [0.25, 0.3) is 5.56 Å². The van der Waals surface area contributed by atoms with Gasteiger partial charge in [0.15, 0.2) is 5.78 Å². The number of fused-ring (bicyclic) bond motifs is 1. The first-order valence-corrected chi connectivity index (χ1v) is 12.4. The van der Waals surface area contributed by atoms with E-state index in [4.69, 9.17) is 16.6 Å². The Morgan fingerprint density at radius 1 is 1.06 bits per heavy atom. The highest BCUT2D eigenvalue weighted by molar-refractivity contribution is 7.13. The van der Waals surface area contributed by atoms with Gasteiger partial charge in [0.05, 0.1) is 16.9 Å². The van der Waals surface area contributed by atoms with Gasteiger partial charge in [-0.1, -0.05) is 48.9 Å². The van der Waals surface area contributed by atoms with Crippen molar-refractivity contribution in [2.24, 2.45) is 0 Å². The van der Waals surface area contributed by atoms with E-state index in [0.717, 1.165) is 46.6 Å². The molecule has 4 nitrogen and oxygen atoms in total. The maximum atomic E-state index is 14.0. The highest BCUT2D eigenvalue weighted by Gasteiger charge is 2.26. The van der Waals surface area contributed by atoms with E-state index in [1.165, 1.54) is 11.3 Å². The van der Waals surface area contributed by atoms with Crippen molar-refractivity contribution in [1.82, 2.24) is 9.55 Å². The highest BCUT2D eigenvalue weighted by Crippen LogP contribution is 2.32. The Kier molecular flexibility index (Phi) is 5.77. The molecule has 6 heteroatoms. The molecule has 2 aromatic heterocycles. The minimum atomic E-state index is -0.121. The van der Waals surface area contributed by atoms with Crippen LogP contribution in [0.2, 0.25) is 5.02 Å². The molecule has 0 atom stereocenters. The second kappa shape index (κ2) is 8.73. The zero-order chi connectivity index (χ0) is 23.1. The lowest BCUT2D eigenvalue weighted by molar-refractivity contribution is 0.0971. The third kappa shape index (κ3) is 3.85. The fraction of sp³-hybridized carbons (Fsp3) is 0.222. The Hall–Kier alpha value is -3.02. The maximum Gasteiger partial charge on any atom is 0.265 e. The summed E-state index contributed by atoms with van der Waals surface area (Å²) in [6.07, 6.45) is 2.78. The minimum absolute atomic E-state index is 0.0902. The van der Waals surface area contributed by atoms with Gasteiger partial charge in [0, 0.05) is 33.6 Å². The standard InChI is InChI=1S/C27H23ClN2O2S/c1-3-17-7-4-6-16(2)25(17)30-23-8-5-9-24(31)20(23)14-21(27(30)32)26-29-22(15-33-26)18-10-12-19(28)13-11-18/h4,6-7,10-15H,3,5,8-9H2,1-2H3. The van der Waals surface area contributed by atoms with Crippen molar-refractivity contribution in [3.63, 3.8) is 0 Å². The number of aromatic nitrogens is 2. The van der Waals surface area contributed by atoms with E-state index in [1.807, 2.05) is 48.7 Å². The van der Waals surface area contributed by atoms with Gasteiger partial charge in [-0.05, 0) is 55.5 Å². The quantitative estimate of drug-likeness (QED) is 0.332. The summed E-state index contributed by atoms with van der Waals surface area (Å²) in [7, 11) is 0. The fourth-order valence-corrected chi connectivity index (χ4v) is 5.52. The molecule has 0 radical (unpaired) electrons. The Labute approximate surface area is 201 Å². The number of thiazole rings is 1. The fourth-order valence-electron chi connectivity index (χ4n) is 4.56. The predicted octanol–water partition coefficient (Wildman–Crippen LogP) is 6.67. The molecule has 0 saturated carbocycles. The molecular formula is C27H23ClN2O2S. The average molecular weight is 475 g/mol. The van der Waals surface area contributed by atoms with E-state index in [2.05, 4.69) is 13.0 Å². The molecule has 166 valence electrons. The zero-order valence-electron chi connectivity index (χ0n) is 18.5. The molecule has 0 amide bonds. The number of aryl methyl sites for hydroxylation is 2. The predicted molar refractivity (Wildman–Crippen MR) is 135 cm³/mol. The van der Waals surface area contributed by atoms with Crippen LogP contribution in [-0.2, 0) is 12.8 Å². The first-order chi connectivity index (χ1) is 16.0. The van der Waals surface area contributed by atoms with E-state index < -0.39 is 0 Å². The Bertz CT molecular complexity index is 1430. The molecular weight excluding hydrogens is 452 g/mol. The van der Waals surface area contributed by atoms with Crippen molar-refractivity contribution in [2.75, 3.05) is 0 Å². The molecule has 2 aromatic carbocycles. The number of nitrogens with zero attached hydrogens (tertiary/aromatic N) is 2. The number of para-hydroxylation sites is 1. The summed E-state index contributed by atoms with van der Waals surface area (Å²) in [5.41, 5.74) is 6.54. The van der Waals surface area contributed by atoms with E-state index in [-0.39, 0.29) is 11.3 Å². The van der Waals surface area contributed by atoms with Gasteiger partial charge < -0.3 is 0 Å². The van der Waals surface area contributed by atoms with Gasteiger partial charge in [-0.3, -0.25) is 14.2 Å². The number of pyridine rings is 1. The van der Waals surface area contributed by atoms with Crippen LogP contribution in [0.1, 0.15) is 46.9 Å². The normalized spacial score (nSPS) is 13.2. The molecule has 1 aliphatic rings. The van der Waals surface area contributed by atoms with Crippen LogP contribution in [0.15, 0.2) is 58.7 Å². The van der Waals surface area contributed by atoms with Gasteiger partial charge in [-0.15, -0.1) is 11.3 Å². The molecule has 0 aliphatic heterocycles. The van der Waals surface area contributed by atoms with Crippen LogP contribution in [0.4, 0.5) is 0 Å². The minimum Gasteiger partial charge on any atom is -0.294 e. The number of benzene rings is 2. The summed E-state index contributed by atoms with van der Waals surface area (Å²) in [5, 5.41) is 3.22. The third-order valence-electron chi connectivity index (χ3n) is 6.22. The van der Waals surface area contributed by atoms with Crippen LogP contribution in [0.3, 0.4) is 0 Å². The number of ketones is 1. The molecule has 33 heavy (non-hydrogen) atoms. The van der Waals surface area contributed by atoms with Gasteiger partial charge in [-0.2, -0.15) is 0 Å². The highest BCUT2D eigenvalue weighted by atomic mass is 35.5. The van der Waals surface area contributed by atoms with Crippen molar-refractivity contribution >= 4 is 28.7 Å². The molecule has 4 aromatic rings. The van der Waals surface area contributed by atoms with E-state index in [0.29, 0.717) is 34.0 Å². The topological polar surface area (TPSA) is 52.0 Å². The molecule has 0 spiro atoms. The monoisotopic (exact) mass is 474 g/mol. The largest absolute Gasteiger partial charge is 0.294 e. The number of hydrogen-bond acceptors (Lipinski definition) is 4. The van der Waals surface area contributed by atoms with Crippen molar-refractivity contribution in [1.29, 1.82) is 0 Å². The maximum absolute atomic E-state index is 14.0. The lowest BCUT2D eigenvalue weighted by Gasteiger charge is -2.24. The summed E-state index contributed by atoms with van der Waals surface area (Å²) < 4.78 is 1.79. The molecule has 0 fully saturated rings. The molecule has 0 saturated heterocycles. The lowest BCUT2D eigenvalue weighted by Crippen LogP contribution is -2.29. The summed E-state index contributed by atoms with van der Waals surface area (Å²) >= 11 is 7.44. The lowest BCUT2D eigenvalue weighted by atomic mass is 9.92. The summed E-state index contributed by atoms with van der Waals surface area (Å²) in [4.78, 5) is 31.6. The molecule has 1 aliphatic carbocycles. The van der Waals surface area contributed by atoms with Crippen LogP contribution in [0.25, 0.3) is 27.5 Å². The van der Waals surface area contributed by atoms with Crippen LogP contribution < -0.4 is 5.56 Å². The molecule has 2 heterocycles. The smallest absolute Gasteiger partial charge is 0.265 e. The Balaban J connectivity index is 1.75. The number of Topliss-reactive ketones (excluding diaryl/α,β-unsaturated/α-hetero) is 1. The van der Waals surface area contributed by atoms with Crippen molar-refractivity contribution < 1.29 is 4.79 Å². The first-order valence-electron chi connectivity index (χ1n) is 11.1. The van der Waals surface area contributed by atoms with Crippen LogP contribution in [-0.4, -0.2) is 15.3 Å². The van der Waals surface area contributed by atoms with Gasteiger partial charge in [-0.25, -0.2) is 4.98 Å². The van der Waals surface area contributed by atoms with E-state index in [1.54, 1.807) is 10.6 Å². The van der Waals surface area contributed by atoms with Gasteiger partial charge in [0.1, 0.15) is 5.01 Å². The van der Waals surface area contributed by atoms with Crippen molar-refractivity contribution in [3.8, 4) is 27.5 Å². The van der Waals surface area contributed by atoms with E-state index >= 15 is 0 Å². The van der Waals surface area contributed by atoms with Gasteiger partial charge in [0.2, 0.25) is 0 Å². The summed E-state index contributed by atoms with van der Waals surface area (Å²) in [6, 6.07) is 15.3. The first kappa shape index (κ1) is 21.8. The number of carbonyl (C=O) groups is 1. The number of rotatable bonds is 4. The van der Waals surface area contributed by atoms with Crippen LogP contribution in [0, 0.1) is 6.92 Å². The van der Waals surface area contributed by atoms with Crippen molar-refractivity contribution in [2.45, 2.75) is 39.5 Å². The second-order valence-corrected chi connectivity index (χ2v) is 9.61. The third-order valence-corrected chi connectivity index (χ3v) is 7.35. The zero-order valence-corrected chi connectivity index (χ0v) is 20.1. The SMILES string of the molecule is CCc1cccc(C)c1-n1c2c(cc(-c3nc(-c4ccc(Cl)cc4)cs3)c1=O)C(=O)CCC2. The summed E-state index contributed by atoms with van der Waals surface area (Å²) in [6.45, 7) is 4.11. The van der Waals surface area contributed by atoms with Crippen molar-refractivity contribution in [3.05, 3.63) is 91.7 Å². The molecule has 0 unspecified atom stereocenters. The van der Waals surface area contributed by atoms with Crippen LogP contribution >= 0.6 is 22.9 Å². The average Bonchev–Trinajstić information content (AvgIpc) is 3.30. The second-order valence-electron chi connectivity index (χ2n) is 8.32. The summed E-state index contributed by atoms with van der Waals surface area (Å²) in [5.74, 6) is 0.0902. The number of carbonyl (C=O) groups excluding carboxylic acids is 1. The molecule has 0 N–H and O–H groups in total. The Morgan fingerprint density at radius 3 is 2.61 bits per heavy atom. The van der Waals surface area contributed by atoms with Crippen LogP contribution in [0.5, 0.6) is 0 Å².